The fourth-order valence-electron chi connectivity index (χ4n) is 1.06. The van der Waals surface area contributed by atoms with Crippen molar-refractivity contribution < 1.29 is 19.2 Å². The summed E-state index contributed by atoms with van der Waals surface area (Å²) in [4.78, 5) is 26.6. The minimum atomic E-state index is -0.668. The molecule has 7 nitrogen and oxygen atoms in total. The molecule has 0 aromatic carbocycles. The molecular formula is C10H19N3O4S. The minimum Gasteiger partial charge on any atom is -0.459 e. The van der Waals surface area contributed by atoms with Crippen LogP contribution in [-0.2, 0) is 14.4 Å². The third kappa shape index (κ3) is 8.97. The Kier molecular flexibility index (Phi) is 10.3. The molecule has 0 rings (SSSR count). The monoisotopic (exact) mass is 277 g/mol. The lowest BCUT2D eigenvalue weighted by atomic mass is 10.1. The molecule has 1 atom stereocenters. The van der Waals surface area contributed by atoms with Gasteiger partial charge in [-0.25, -0.2) is 4.79 Å². The lowest BCUT2D eigenvalue weighted by molar-refractivity contribution is -0.143. The Labute approximate surface area is 110 Å². The second kappa shape index (κ2) is 11.0. The molecule has 0 aromatic rings. The van der Waals surface area contributed by atoms with Crippen molar-refractivity contribution in [3.05, 3.63) is 0 Å². The Morgan fingerprint density at radius 2 is 2.22 bits per heavy atom. The van der Waals surface area contributed by atoms with E-state index < -0.39 is 12.0 Å². The number of thioether (sulfide) groups is 1. The van der Waals surface area contributed by atoms with E-state index in [0.717, 1.165) is 24.4 Å². The molecule has 0 saturated carbocycles. The minimum absolute atomic E-state index is 0.0429. The Hall–Kier alpha value is -1.12. The summed E-state index contributed by atoms with van der Waals surface area (Å²) in [6.07, 6.45) is 4.56. The third-order valence-corrected chi connectivity index (χ3v) is 2.39. The summed E-state index contributed by atoms with van der Waals surface area (Å²) in [6.45, 7) is 0.466. The summed E-state index contributed by atoms with van der Waals surface area (Å²) in [5.74, 6) is -0.500. The van der Waals surface area contributed by atoms with Gasteiger partial charge >= 0.3 is 11.3 Å². The predicted molar refractivity (Wildman–Crippen MR) is 69.6 cm³/mol. The second-order valence-electron chi connectivity index (χ2n) is 3.39. The molecule has 0 heterocycles. The fraction of sp³-hybridized carbons (Fsp3) is 0.700. The van der Waals surface area contributed by atoms with Crippen LogP contribution in [0.5, 0.6) is 0 Å². The maximum Gasteiger partial charge on any atom is 0.385 e. The smallest absolute Gasteiger partial charge is 0.385 e. The fourth-order valence-corrected chi connectivity index (χ4v) is 1.20. The first kappa shape index (κ1) is 16.9. The average Bonchev–Trinajstić information content (AvgIpc) is 2.39. The van der Waals surface area contributed by atoms with Crippen LogP contribution in [0, 0.1) is 5.41 Å². The second-order valence-corrected chi connectivity index (χ2v) is 4.13. The van der Waals surface area contributed by atoms with Crippen molar-refractivity contribution in [3.8, 4) is 0 Å². The Bertz CT molecular complexity index is 276. The maximum atomic E-state index is 11.2. The van der Waals surface area contributed by atoms with Gasteiger partial charge in [0.2, 0.25) is 0 Å². The average molecular weight is 277 g/mol. The van der Waals surface area contributed by atoms with Crippen molar-refractivity contribution in [2.24, 2.45) is 5.73 Å². The van der Waals surface area contributed by atoms with Gasteiger partial charge in [-0.1, -0.05) is 0 Å². The summed E-state index contributed by atoms with van der Waals surface area (Å²) in [5, 5.41) is 6.32. The lowest BCUT2D eigenvalue weighted by Gasteiger charge is -2.10. The van der Waals surface area contributed by atoms with Gasteiger partial charge in [0.1, 0.15) is 12.6 Å². The molecule has 0 aliphatic heterocycles. The zero-order chi connectivity index (χ0) is 13.8. The van der Waals surface area contributed by atoms with E-state index in [0.29, 0.717) is 19.4 Å². The number of carbonyl (C=O) groups is 2. The van der Waals surface area contributed by atoms with Crippen molar-refractivity contribution in [2.75, 3.05) is 19.4 Å². The summed E-state index contributed by atoms with van der Waals surface area (Å²) in [5.41, 5.74) is 8.10. The summed E-state index contributed by atoms with van der Waals surface area (Å²) in [6, 6.07) is -0.668. The molecule has 8 heteroatoms. The van der Waals surface area contributed by atoms with Gasteiger partial charge in [-0.15, -0.1) is 0 Å². The molecule has 0 amide bonds. The number of hydrogen-bond acceptors (Lipinski definition) is 8. The SMILES string of the molecule is CSC(=O)ONCCCC[C@H](N)C(=O)OCC=N. The number of rotatable bonds is 9. The van der Waals surface area contributed by atoms with E-state index in [4.69, 9.17) is 11.1 Å². The first-order chi connectivity index (χ1) is 8.61. The molecule has 0 aliphatic carbocycles. The van der Waals surface area contributed by atoms with E-state index in [2.05, 4.69) is 15.1 Å². The van der Waals surface area contributed by atoms with Crippen LogP contribution in [0.1, 0.15) is 19.3 Å². The van der Waals surface area contributed by atoms with Gasteiger partial charge < -0.3 is 20.7 Å². The number of esters is 1. The first-order valence-corrected chi connectivity index (χ1v) is 6.73. The van der Waals surface area contributed by atoms with E-state index in [1.165, 1.54) is 0 Å². The highest BCUT2D eigenvalue weighted by Gasteiger charge is 2.13. The van der Waals surface area contributed by atoms with Crippen LogP contribution in [0.15, 0.2) is 0 Å². The van der Waals surface area contributed by atoms with E-state index in [9.17, 15) is 9.59 Å². The number of carbonyl (C=O) groups excluding carboxylic acids is 2. The molecule has 0 fully saturated rings. The van der Waals surface area contributed by atoms with E-state index >= 15 is 0 Å². The summed E-state index contributed by atoms with van der Waals surface area (Å²) >= 11 is 0.982. The van der Waals surface area contributed by atoms with Crippen molar-refractivity contribution in [2.45, 2.75) is 25.3 Å². The van der Waals surface area contributed by atoms with Gasteiger partial charge in [0, 0.05) is 12.8 Å². The first-order valence-electron chi connectivity index (χ1n) is 5.50. The van der Waals surface area contributed by atoms with Gasteiger partial charge in [-0.3, -0.25) is 4.79 Å². The zero-order valence-corrected chi connectivity index (χ0v) is 11.1. The molecule has 0 unspecified atom stereocenters. The van der Waals surface area contributed by atoms with Crippen LogP contribution >= 0.6 is 11.8 Å². The number of hydroxylamine groups is 1. The Morgan fingerprint density at radius 3 is 2.83 bits per heavy atom. The topological polar surface area (TPSA) is 114 Å². The van der Waals surface area contributed by atoms with Crippen LogP contribution in [0.3, 0.4) is 0 Å². The molecule has 0 spiro atoms. The van der Waals surface area contributed by atoms with Gasteiger partial charge in [-0.2, -0.15) is 5.48 Å². The van der Waals surface area contributed by atoms with Gasteiger partial charge in [0.05, 0.1) is 0 Å². The molecular weight excluding hydrogens is 258 g/mol. The highest BCUT2D eigenvalue weighted by molar-refractivity contribution is 8.12. The van der Waals surface area contributed by atoms with E-state index in [1.807, 2.05) is 0 Å². The van der Waals surface area contributed by atoms with Crippen LogP contribution < -0.4 is 11.2 Å². The molecule has 0 saturated heterocycles. The standard InChI is InChI=1S/C10H19N3O4S/c1-18-10(15)17-13-6-3-2-4-8(12)9(14)16-7-5-11/h5,8,11,13H,2-4,6-7,12H2,1H3/t8-/m0/s1. The molecule has 0 radical (unpaired) electrons. The van der Waals surface area contributed by atoms with Crippen LogP contribution in [0.25, 0.3) is 0 Å². The van der Waals surface area contributed by atoms with E-state index in [-0.39, 0.29) is 11.9 Å². The van der Waals surface area contributed by atoms with Gasteiger partial charge in [0.25, 0.3) is 0 Å². The molecule has 18 heavy (non-hydrogen) atoms. The highest BCUT2D eigenvalue weighted by atomic mass is 32.2. The van der Waals surface area contributed by atoms with Gasteiger partial charge in [-0.05, 0) is 37.3 Å². The quantitative estimate of drug-likeness (QED) is 0.246. The zero-order valence-electron chi connectivity index (χ0n) is 10.3. The number of ether oxygens (including phenoxy) is 1. The number of hydrogen-bond donors (Lipinski definition) is 3. The molecule has 0 aromatic heterocycles. The number of nitrogens with one attached hydrogen (secondary N) is 2. The summed E-state index contributed by atoms with van der Waals surface area (Å²) < 4.78 is 4.68. The van der Waals surface area contributed by atoms with Crippen molar-refractivity contribution in [1.82, 2.24) is 5.48 Å². The van der Waals surface area contributed by atoms with Crippen molar-refractivity contribution in [1.29, 1.82) is 5.41 Å². The maximum absolute atomic E-state index is 11.2. The normalized spacial score (nSPS) is 11.7. The predicted octanol–water partition coefficient (Wildman–Crippen LogP) is 0.681. The largest absolute Gasteiger partial charge is 0.459 e. The van der Waals surface area contributed by atoms with Crippen LogP contribution in [-0.4, -0.2) is 42.9 Å². The number of unbranched alkanes of at least 4 members (excludes halogenated alkanes) is 1. The molecule has 0 aliphatic rings. The molecule has 0 bridgehead atoms. The summed E-state index contributed by atoms with van der Waals surface area (Å²) in [7, 11) is 0. The van der Waals surface area contributed by atoms with Crippen molar-refractivity contribution in [3.63, 3.8) is 0 Å². The highest BCUT2D eigenvalue weighted by Crippen LogP contribution is 2.01. The van der Waals surface area contributed by atoms with Gasteiger partial charge in [0.15, 0.2) is 0 Å². The Balaban J connectivity index is 3.45. The third-order valence-electron chi connectivity index (χ3n) is 1.98. The molecule has 4 N–H and O–H groups in total. The van der Waals surface area contributed by atoms with Crippen LogP contribution in [0.2, 0.25) is 0 Å². The molecule has 104 valence electrons. The van der Waals surface area contributed by atoms with E-state index in [1.54, 1.807) is 6.26 Å². The van der Waals surface area contributed by atoms with Crippen molar-refractivity contribution >= 4 is 29.2 Å². The number of nitrogens with two attached hydrogens (primary N) is 1. The Morgan fingerprint density at radius 1 is 1.50 bits per heavy atom. The lowest BCUT2D eigenvalue weighted by Crippen LogP contribution is -2.32. The van der Waals surface area contributed by atoms with Crippen LogP contribution in [0.4, 0.5) is 4.79 Å².